The lowest BCUT2D eigenvalue weighted by Crippen LogP contribution is -2.18. The van der Waals surface area contributed by atoms with E-state index in [1.165, 1.54) is 6.07 Å². The van der Waals surface area contributed by atoms with E-state index in [9.17, 15) is 9.90 Å². The fourth-order valence-corrected chi connectivity index (χ4v) is 2.80. The van der Waals surface area contributed by atoms with Gasteiger partial charge < -0.3 is 10.2 Å². The third-order valence-corrected chi connectivity index (χ3v) is 3.65. The highest BCUT2D eigenvalue weighted by molar-refractivity contribution is 6.34. The van der Waals surface area contributed by atoms with E-state index in [-0.39, 0.29) is 22.6 Å². The molecule has 0 aliphatic carbocycles. The minimum atomic E-state index is -1.07. The number of aromatic nitrogens is 3. The maximum Gasteiger partial charge on any atom is 0.337 e. The Labute approximate surface area is 133 Å². The van der Waals surface area contributed by atoms with Crippen LogP contribution in [0.25, 0.3) is 5.69 Å². The molecule has 1 heterocycles. The fourth-order valence-electron chi connectivity index (χ4n) is 2.28. The number of hydrogen-bond donors (Lipinski definition) is 2. The molecule has 0 spiro atoms. The molecular formula is C15H18ClN3O3. The maximum atomic E-state index is 11.3. The Bertz CT molecular complexity index is 705. The van der Waals surface area contributed by atoms with Crippen molar-refractivity contribution >= 4 is 17.6 Å². The molecule has 0 radical (unpaired) electrons. The molecule has 0 aliphatic heterocycles. The molecule has 1 aromatic heterocycles. The van der Waals surface area contributed by atoms with Crippen LogP contribution in [0.15, 0.2) is 18.3 Å². The van der Waals surface area contributed by atoms with Gasteiger partial charge in [-0.3, -0.25) is 0 Å². The number of aliphatic hydroxyl groups is 1. The average Bonchev–Trinajstić information content (AvgIpc) is 2.85. The summed E-state index contributed by atoms with van der Waals surface area (Å²) < 4.78 is 1.56. The van der Waals surface area contributed by atoms with Crippen molar-refractivity contribution in [2.45, 2.75) is 32.6 Å². The highest BCUT2D eigenvalue weighted by Gasteiger charge is 2.26. The number of carboxylic acids is 1. The van der Waals surface area contributed by atoms with Crippen LogP contribution < -0.4 is 0 Å². The molecule has 118 valence electrons. The Morgan fingerprint density at radius 1 is 1.36 bits per heavy atom. The van der Waals surface area contributed by atoms with Gasteiger partial charge in [-0.15, -0.1) is 5.10 Å². The van der Waals surface area contributed by atoms with Crippen molar-refractivity contribution in [1.82, 2.24) is 15.0 Å². The van der Waals surface area contributed by atoms with Crippen LogP contribution in [0.4, 0.5) is 0 Å². The number of carbonyl (C=O) groups is 1. The summed E-state index contributed by atoms with van der Waals surface area (Å²) in [6.45, 7) is 5.85. The molecule has 0 saturated heterocycles. The van der Waals surface area contributed by atoms with Crippen LogP contribution in [0.3, 0.4) is 0 Å². The number of halogens is 1. The third-order valence-electron chi connectivity index (χ3n) is 3.26. The summed E-state index contributed by atoms with van der Waals surface area (Å²) >= 11 is 6.33. The first-order valence-corrected chi connectivity index (χ1v) is 7.22. The highest BCUT2D eigenvalue weighted by Crippen LogP contribution is 2.36. The molecule has 0 atom stereocenters. The molecule has 7 heteroatoms. The van der Waals surface area contributed by atoms with Gasteiger partial charge in [-0.25, -0.2) is 9.48 Å². The molecule has 0 fully saturated rings. The summed E-state index contributed by atoms with van der Waals surface area (Å²) in [5, 5.41) is 26.4. The van der Waals surface area contributed by atoms with E-state index in [4.69, 9.17) is 16.7 Å². The Morgan fingerprint density at radius 2 is 2.05 bits per heavy atom. The quantitative estimate of drug-likeness (QED) is 0.902. The van der Waals surface area contributed by atoms with Crippen LogP contribution in [0.2, 0.25) is 5.02 Å². The van der Waals surface area contributed by atoms with Gasteiger partial charge >= 0.3 is 5.97 Å². The second kappa shape index (κ2) is 6.06. The van der Waals surface area contributed by atoms with Crippen molar-refractivity contribution in [2.75, 3.05) is 6.61 Å². The third kappa shape index (κ3) is 3.13. The summed E-state index contributed by atoms with van der Waals surface area (Å²) in [4.78, 5) is 11.3. The molecule has 22 heavy (non-hydrogen) atoms. The highest BCUT2D eigenvalue weighted by atomic mass is 35.5. The van der Waals surface area contributed by atoms with Crippen molar-refractivity contribution in [3.63, 3.8) is 0 Å². The normalized spacial score (nSPS) is 11.7. The number of rotatable bonds is 4. The number of nitrogens with zero attached hydrogens (tertiary/aromatic N) is 3. The van der Waals surface area contributed by atoms with Crippen LogP contribution in [0, 0.1) is 0 Å². The molecule has 6 nitrogen and oxygen atoms in total. The van der Waals surface area contributed by atoms with E-state index < -0.39 is 5.97 Å². The van der Waals surface area contributed by atoms with Gasteiger partial charge in [-0.05, 0) is 17.5 Å². The minimum Gasteiger partial charge on any atom is -0.478 e. The van der Waals surface area contributed by atoms with Crippen LogP contribution in [0.5, 0.6) is 0 Å². The average molecular weight is 324 g/mol. The van der Waals surface area contributed by atoms with E-state index in [0.717, 1.165) is 0 Å². The van der Waals surface area contributed by atoms with Gasteiger partial charge in [0.05, 0.1) is 28.2 Å². The Balaban J connectivity index is 2.64. The number of aliphatic hydroxyl groups excluding tert-OH is 1. The molecule has 2 aromatic rings. The first-order valence-electron chi connectivity index (χ1n) is 6.84. The summed E-state index contributed by atoms with van der Waals surface area (Å²) in [5.41, 5.74) is 1.71. The monoisotopic (exact) mass is 323 g/mol. The van der Waals surface area contributed by atoms with E-state index in [1.807, 2.05) is 20.8 Å². The van der Waals surface area contributed by atoms with E-state index in [1.54, 1.807) is 16.9 Å². The maximum absolute atomic E-state index is 11.3. The van der Waals surface area contributed by atoms with Crippen molar-refractivity contribution in [2.24, 2.45) is 0 Å². The first-order chi connectivity index (χ1) is 10.3. The summed E-state index contributed by atoms with van der Waals surface area (Å²) in [6.07, 6.45) is 2.11. The first kappa shape index (κ1) is 16.5. The summed E-state index contributed by atoms with van der Waals surface area (Å²) in [5.74, 6) is -1.07. The van der Waals surface area contributed by atoms with Gasteiger partial charge in [0.15, 0.2) is 0 Å². The van der Waals surface area contributed by atoms with Crippen molar-refractivity contribution in [1.29, 1.82) is 0 Å². The molecule has 2 rings (SSSR count). The second-order valence-electron chi connectivity index (χ2n) is 6.00. The van der Waals surface area contributed by atoms with Gasteiger partial charge in [-0.2, -0.15) is 0 Å². The Hall–Kier alpha value is -1.92. The Kier molecular flexibility index (Phi) is 4.53. The molecule has 0 amide bonds. The van der Waals surface area contributed by atoms with Crippen LogP contribution in [0.1, 0.15) is 42.4 Å². The predicted molar refractivity (Wildman–Crippen MR) is 82.8 cm³/mol. The lowest BCUT2D eigenvalue weighted by Gasteiger charge is -2.24. The molecule has 0 bridgehead atoms. The lowest BCUT2D eigenvalue weighted by molar-refractivity contribution is 0.0697. The Morgan fingerprint density at radius 3 is 2.59 bits per heavy atom. The van der Waals surface area contributed by atoms with Gasteiger partial charge in [0.25, 0.3) is 0 Å². The number of aromatic carboxylic acids is 1. The van der Waals surface area contributed by atoms with Gasteiger partial charge in [0.2, 0.25) is 0 Å². The fraction of sp³-hybridized carbons (Fsp3) is 0.400. The zero-order valence-corrected chi connectivity index (χ0v) is 13.4. The minimum absolute atomic E-state index is 0.0104. The van der Waals surface area contributed by atoms with E-state index in [0.29, 0.717) is 23.4 Å². The van der Waals surface area contributed by atoms with Crippen LogP contribution in [-0.2, 0) is 11.8 Å². The standard InChI is InChI=1S/C15H18ClN3O3/c1-15(2,3)12-11(5-4-10(13(12)16)14(21)22)19-8-9(6-7-20)17-18-19/h4-5,8,20H,6-7H2,1-3H3,(H,21,22). The van der Waals surface area contributed by atoms with Crippen LogP contribution >= 0.6 is 11.6 Å². The number of carboxylic acid groups (broad SMARTS) is 1. The van der Waals surface area contributed by atoms with Gasteiger partial charge in [0.1, 0.15) is 0 Å². The van der Waals surface area contributed by atoms with Crippen molar-refractivity contribution in [3.8, 4) is 5.69 Å². The van der Waals surface area contributed by atoms with E-state index >= 15 is 0 Å². The van der Waals surface area contributed by atoms with Crippen LogP contribution in [-0.4, -0.2) is 37.8 Å². The molecule has 0 aliphatic rings. The molecule has 1 aromatic carbocycles. The lowest BCUT2D eigenvalue weighted by atomic mass is 9.84. The number of benzene rings is 1. The van der Waals surface area contributed by atoms with Crippen molar-refractivity contribution < 1.29 is 15.0 Å². The van der Waals surface area contributed by atoms with Gasteiger partial charge in [-0.1, -0.05) is 37.6 Å². The SMILES string of the molecule is CC(C)(C)c1c(-n2cc(CCO)nn2)ccc(C(=O)O)c1Cl. The van der Waals surface area contributed by atoms with Crippen molar-refractivity contribution in [3.05, 3.63) is 40.2 Å². The van der Waals surface area contributed by atoms with E-state index in [2.05, 4.69) is 10.3 Å². The molecule has 0 saturated carbocycles. The zero-order valence-electron chi connectivity index (χ0n) is 12.7. The molecule has 2 N–H and O–H groups in total. The summed E-state index contributed by atoms with van der Waals surface area (Å²) in [7, 11) is 0. The summed E-state index contributed by atoms with van der Waals surface area (Å²) in [6, 6.07) is 3.13. The smallest absolute Gasteiger partial charge is 0.337 e. The largest absolute Gasteiger partial charge is 0.478 e. The van der Waals surface area contributed by atoms with Gasteiger partial charge in [0, 0.05) is 18.6 Å². The zero-order chi connectivity index (χ0) is 16.5. The second-order valence-corrected chi connectivity index (χ2v) is 6.38. The predicted octanol–water partition coefficient (Wildman–Crippen LogP) is 2.45. The molecule has 0 unspecified atom stereocenters. The topological polar surface area (TPSA) is 88.2 Å². The molecular weight excluding hydrogens is 306 g/mol. The number of hydrogen-bond acceptors (Lipinski definition) is 4.